The van der Waals surface area contributed by atoms with Gasteiger partial charge in [-0.05, 0) is 41.1 Å². The normalized spacial score (nSPS) is 9.82. The van der Waals surface area contributed by atoms with Gasteiger partial charge in [-0.1, -0.05) is 0 Å². The summed E-state index contributed by atoms with van der Waals surface area (Å²) < 4.78 is 16.1. The third kappa shape index (κ3) is 4.65. The van der Waals surface area contributed by atoms with Gasteiger partial charge in [0.1, 0.15) is 11.5 Å². The van der Waals surface area contributed by atoms with Crippen molar-refractivity contribution in [1.29, 1.82) is 0 Å². The van der Waals surface area contributed by atoms with Crippen molar-refractivity contribution >= 4 is 21.9 Å². The molecule has 0 N–H and O–H groups in total. The minimum absolute atomic E-state index is 0.248. The van der Waals surface area contributed by atoms with Gasteiger partial charge in [-0.15, -0.1) is 0 Å². The first-order chi connectivity index (χ1) is 8.17. The first-order valence-electron chi connectivity index (χ1n) is 5.29. The molecule has 0 aliphatic heterocycles. The number of methoxy groups -OCH3 is 1. The van der Waals surface area contributed by atoms with Crippen molar-refractivity contribution in [2.24, 2.45) is 0 Å². The van der Waals surface area contributed by atoms with Gasteiger partial charge < -0.3 is 14.2 Å². The second kappa shape index (κ2) is 7.17. The van der Waals surface area contributed by atoms with E-state index in [4.69, 9.17) is 14.2 Å². The first-order valence-corrected chi connectivity index (χ1v) is 6.08. The summed E-state index contributed by atoms with van der Waals surface area (Å²) >= 11 is 3.36. The molecule has 0 aliphatic carbocycles. The average Bonchev–Trinajstić information content (AvgIpc) is 2.29. The molecule has 0 radical (unpaired) electrons. The molecule has 5 heteroatoms. The Morgan fingerprint density at radius 1 is 1.41 bits per heavy atom. The summed E-state index contributed by atoms with van der Waals surface area (Å²) in [5, 5.41) is 0. The van der Waals surface area contributed by atoms with Crippen molar-refractivity contribution in [3.63, 3.8) is 0 Å². The van der Waals surface area contributed by atoms with E-state index in [1.165, 1.54) is 0 Å². The van der Waals surface area contributed by atoms with Crippen molar-refractivity contribution in [3.8, 4) is 11.5 Å². The molecule has 0 aliphatic rings. The Balaban J connectivity index is 2.42. The zero-order chi connectivity index (χ0) is 12.7. The zero-order valence-corrected chi connectivity index (χ0v) is 11.5. The molecule has 0 spiro atoms. The fraction of sp³-hybridized carbons (Fsp3) is 0.417. The van der Waals surface area contributed by atoms with Crippen LogP contribution in [0, 0.1) is 0 Å². The summed E-state index contributed by atoms with van der Waals surface area (Å²) in [5.74, 6) is 1.17. The van der Waals surface area contributed by atoms with Crippen LogP contribution in [0.25, 0.3) is 0 Å². The fourth-order valence-corrected chi connectivity index (χ4v) is 1.74. The molecule has 1 aromatic carbocycles. The van der Waals surface area contributed by atoms with Gasteiger partial charge in [0.2, 0.25) is 0 Å². The van der Waals surface area contributed by atoms with E-state index < -0.39 is 0 Å². The Morgan fingerprint density at radius 2 is 2.18 bits per heavy atom. The molecule has 0 heterocycles. The largest absolute Gasteiger partial charge is 0.496 e. The number of esters is 1. The number of hydrogen-bond acceptors (Lipinski definition) is 4. The van der Waals surface area contributed by atoms with Gasteiger partial charge in [-0.3, -0.25) is 4.79 Å². The topological polar surface area (TPSA) is 44.8 Å². The van der Waals surface area contributed by atoms with Gasteiger partial charge in [-0.25, -0.2) is 0 Å². The lowest BCUT2D eigenvalue weighted by Gasteiger charge is -2.08. The molecule has 0 saturated carbocycles. The summed E-state index contributed by atoms with van der Waals surface area (Å²) in [6.07, 6.45) is 0.248. The van der Waals surface area contributed by atoms with Crippen LogP contribution < -0.4 is 9.47 Å². The van der Waals surface area contributed by atoms with Crippen molar-refractivity contribution in [2.75, 3.05) is 20.3 Å². The van der Waals surface area contributed by atoms with Gasteiger partial charge in [0, 0.05) is 0 Å². The fourth-order valence-electron chi connectivity index (χ4n) is 1.22. The highest BCUT2D eigenvalue weighted by Crippen LogP contribution is 2.28. The molecular weight excluding hydrogens is 288 g/mol. The third-order valence-corrected chi connectivity index (χ3v) is 2.62. The molecule has 17 heavy (non-hydrogen) atoms. The number of halogens is 1. The number of hydrogen-bond donors (Lipinski definition) is 0. The van der Waals surface area contributed by atoms with Gasteiger partial charge in [-0.2, -0.15) is 0 Å². The van der Waals surface area contributed by atoms with Crippen LogP contribution in [0.3, 0.4) is 0 Å². The van der Waals surface area contributed by atoms with Crippen LogP contribution in [0.4, 0.5) is 0 Å². The first kappa shape index (κ1) is 13.8. The Hall–Kier alpha value is -1.23. The number of benzene rings is 1. The van der Waals surface area contributed by atoms with Crippen molar-refractivity contribution in [1.82, 2.24) is 0 Å². The molecule has 0 unspecified atom stereocenters. The number of carbonyl (C=O) groups is 1. The molecule has 94 valence electrons. The monoisotopic (exact) mass is 302 g/mol. The molecule has 0 fully saturated rings. The Kier molecular flexibility index (Phi) is 5.83. The minimum Gasteiger partial charge on any atom is -0.496 e. The highest BCUT2D eigenvalue weighted by atomic mass is 79.9. The maximum Gasteiger partial charge on any atom is 0.309 e. The van der Waals surface area contributed by atoms with Gasteiger partial charge in [0.15, 0.2) is 0 Å². The summed E-state index contributed by atoms with van der Waals surface area (Å²) in [6, 6.07) is 5.38. The van der Waals surface area contributed by atoms with E-state index in [0.29, 0.717) is 19.0 Å². The van der Waals surface area contributed by atoms with Crippen LogP contribution in [0.5, 0.6) is 11.5 Å². The zero-order valence-electron chi connectivity index (χ0n) is 9.86. The van der Waals surface area contributed by atoms with Gasteiger partial charge in [0.05, 0.1) is 31.2 Å². The SMILES string of the molecule is CCOC(=O)CCOc1ccc(OC)c(Br)c1. The van der Waals surface area contributed by atoms with Crippen LogP contribution >= 0.6 is 15.9 Å². The molecule has 4 nitrogen and oxygen atoms in total. The molecule has 0 saturated heterocycles. The molecular formula is C12H15BrO4. The highest BCUT2D eigenvalue weighted by molar-refractivity contribution is 9.10. The Morgan fingerprint density at radius 3 is 2.76 bits per heavy atom. The van der Waals surface area contributed by atoms with E-state index in [9.17, 15) is 4.79 Å². The highest BCUT2D eigenvalue weighted by Gasteiger charge is 2.04. The second-order valence-corrected chi connectivity index (χ2v) is 4.05. The van der Waals surface area contributed by atoms with Crippen LogP contribution in [-0.2, 0) is 9.53 Å². The standard InChI is InChI=1S/C12H15BrO4/c1-3-16-12(14)6-7-17-9-4-5-11(15-2)10(13)8-9/h4-5,8H,3,6-7H2,1-2H3. The summed E-state index contributed by atoms with van der Waals surface area (Å²) in [5.41, 5.74) is 0. The van der Waals surface area contributed by atoms with E-state index in [1.807, 2.05) is 0 Å². The maximum atomic E-state index is 11.1. The van der Waals surface area contributed by atoms with Crippen LogP contribution in [0.15, 0.2) is 22.7 Å². The van der Waals surface area contributed by atoms with E-state index in [2.05, 4.69) is 15.9 Å². The summed E-state index contributed by atoms with van der Waals surface area (Å²) in [6.45, 7) is 2.48. The van der Waals surface area contributed by atoms with Crippen molar-refractivity contribution in [2.45, 2.75) is 13.3 Å². The van der Waals surface area contributed by atoms with Crippen LogP contribution in [0.2, 0.25) is 0 Å². The van der Waals surface area contributed by atoms with Gasteiger partial charge >= 0.3 is 5.97 Å². The number of ether oxygens (including phenoxy) is 3. The predicted molar refractivity (Wildman–Crippen MR) is 67.4 cm³/mol. The molecule has 0 bridgehead atoms. The van der Waals surface area contributed by atoms with E-state index >= 15 is 0 Å². The lowest BCUT2D eigenvalue weighted by molar-refractivity contribution is -0.143. The Labute approximate surface area is 109 Å². The summed E-state index contributed by atoms with van der Waals surface area (Å²) in [4.78, 5) is 11.1. The average molecular weight is 303 g/mol. The number of carbonyl (C=O) groups excluding carboxylic acids is 1. The smallest absolute Gasteiger partial charge is 0.309 e. The predicted octanol–water partition coefficient (Wildman–Crippen LogP) is 2.79. The van der Waals surface area contributed by atoms with Crippen molar-refractivity contribution in [3.05, 3.63) is 22.7 Å². The molecule has 0 atom stereocenters. The van der Waals surface area contributed by atoms with Crippen molar-refractivity contribution < 1.29 is 19.0 Å². The lowest BCUT2D eigenvalue weighted by Crippen LogP contribution is -2.09. The Bertz CT molecular complexity index is 379. The van der Waals surface area contributed by atoms with E-state index in [-0.39, 0.29) is 12.4 Å². The van der Waals surface area contributed by atoms with Gasteiger partial charge in [0.25, 0.3) is 0 Å². The summed E-state index contributed by atoms with van der Waals surface area (Å²) in [7, 11) is 1.60. The molecule has 0 aromatic heterocycles. The minimum atomic E-state index is -0.250. The lowest BCUT2D eigenvalue weighted by atomic mass is 10.3. The third-order valence-electron chi connectivity index (χ3n) is 2.00. The number of rotatable bonds is 6. The molecule has 1 aromatic rings. The molecule has 1 rings (SSSR count). The van der Waals surface area contributed by atoms with E-state index in [0.717, 1.165) is 10.2 Å². The molecule has 0 amide bonds. The van der Waals surface area contributed by atoms with E-state index in [1.54, 1.807) is 32.2 Å². The second-order valence-electron chi connectivity index (χ2n) is 3.20. The quantitative estimate of drug-likeness (QED) is 0.758. The maximum absolute atomic E-state index is 11.1. The van der Waals surface area contributed by atoms with Crippen LogP contribution in [0.1, 0.15) is 13.3 Å². The van der Waals surface area contributed by atoms with Crippen LogP contribution in [-0.4, -0.2) is 26.3 Å².